The Morgan fingerprint density at radius 3 is 2.19 bits per heavy atom. The van der Waals surface area contributed by atoms with E-state index < -0.39 is 24.1 Å². The average Bonchev–Trinajstić information content (AvgIpc) is 3.01. The molecule has 3 atom stereocenters. The highest BCUT2D eigenvalue weighted by Crippen LogP contribution is 2.26. The number of unbranched alkanes of at least 4 members (excludes halogenated alkanes) is 7. The van der Waals surface area contributed by atoms with E-state index in [-0.39, 0.29) is 45.9 Å². The molecule has 13 N–H and O–H groups in total. The summed E-state index contributed by atoms with van der Waals surface area (Å²) in [5.74, 6) is -2.11. The summed E-state index contributed by atoms with van der Waals surface area (Å²) in [6, 6.07) is 4.92. The van der Waals surface area contributed by atoms with Gasteiger partial charge in [0.1, 0.15) is 11.9 Å². The molecule has 0 aliphatic rings. The molecule has 0 saturated carbocycles. The summed E-state index contributed by atoms with van der Waals surface area (Å²) in [6.45, 7) is 4.18. The SMILES string of the molecule is C[C@@H](CCCCCCCCCCN=C(N)NC(=O)c1nc(Cl)c(N)nc1N)NC[C@H](O)c1ccc(O)c(NC=O)c1.C[C@H](O)C(=O)O. The number of aliphatic hydroxyl groups excluding tert-OH is 2. The highest BCUT2D eigenvalue weighted by Gasteiger charge is 2.17. The molecular weight excluding hydrogens is 634 g/mol. The van der Waals surface area contributed by atoms with Crippen molar-refractivity contribution in [1.29, 1.82) is 0 Å². The maximum absolute atomic E-state index is 12.2. The maximum Gasteiger partial charge on any atom is 0.332 e. The van der Waals surface area contributed by atoms with Gasteiger partial charge in [0, 0.05) is 19.1 Å². The van der Waals surface area contributed by atoms with Crippen LogP contribution in [0.3, 0.4) is 0 Å². The number of hydrogen-bond donors (Lipinski definition) is 10. The lowest BCUT2D eigenvalue weighted by Crippen LogP contribution is -2.38. The van der Waals surface area contributed by atoms with E-state index >= 15 is 0 Å². The molecule has 0 aliphatic heterocycles. The first kappa shape index (κ1) is 40.8. The van der Waals surface area contributed by atoms with E-state index in [2.05, 4.69) is 37.8 Å². The van der Waals surface area contributed by atoms with Crippen LogP contribution in [0.25, 0.3) is 0 Å². The van der Waals surface area contributed by atoms with Crippen molar-refractivity contribution in [2.45, 2.75) is 89.9 Å². The second-order valence-electron chi connectivity index (χ2n) is 10.8. The summed E-state index contributed by atoms with van der Waals surface area (Å²) in [7, 11) is 0. The smallest absolute Gasteiger partial charge is 0.332 e. The Morgan fingerprint density at radius 1 is 1.00 bits per heavy atom. The number of benzene rings is 1. The van der Waals surface area contributed by atoms with Gasteiger partial charge >= 0.3 is 5.97 Å². The molecule has 1 aromatic carbocycles. The largest absolute Gasteiger partial charge is 0.506 e. The number of aliphatic carboxylic acids is 1. The molecule has 2 rings (SSSR count). The molecule has 16 nitrogen and oxygen atoms in total. The van der Waals surface area contributed by atoms with Crippen molar-refractivity contribution in [2.75, 3.05) is 29.9 Å². The molecule has 0 saturated heterocycles. The quantitative estimate of drug-likeness (QED) is 0.0335. The summed E-state index contributed by atoms with van der Waals surface area (Å²) in [5, 5.41) is 44.0. The number of guanidine groups is 1. The van der Waals surface area contributed by atoms with E-state index in [1.165, 1.54) is 25.8 Å². The first-order valence-corrected chi connectivity index (χ1v) is 15.7. The van der Waals surface area contributed by atoms with Crippen LogP contribution in [0.15, 0.2) is 23.2 Å². The van der Waals surface area contributed by atoms with E-state index in [9.17, 15) is 24.6 Å². The maximum atomic E-state index is 12.2. The Hall–Kier alpha value is -4.25. The molecule has 1 heterocycles. The van der Waals surface area contributed by atoms with E-state index in [1.807, 2.05) is 0 Å². The molecule has 17 heteroatoms. The third kappa shape index (κ3) is 16.8. The number of rotatable bonds is 19. The van der Waals surface area contributed by atoms with E-state index in [0.29, 0.717) is 25.1 Å². The number of hydrogen-bond acceptors (Lipinski definition) is 12. The number of aromatic nitrogens is 2. The van der Waals surface area contributed by atoms with Gasteiger partial charge in [-0.25, -0.2) is 14.8 Å². The molecule has 0 unspecified atom stereocenters. The zero-order valence-electron chi connectivity index (χ0n) is 26.8. The fourth-order valence-electron chi connectivity index (χ4n) is 4.12. The standard InChI is InChI=1S/C27H42ClN9O4.C3H6O3/c1-17(33-15-21(40)18-11-12-20(39)19(14-18)34-16-38)10-8-6-4-2-3-5-7-9-13-32-27(31)37-26(41)22-24(29)36-25(30)23(28)35-22;1-2(4)3(5)6/h11-12,14,16-17,21,33,39-40H,2-10,13,15H2,1H3,(H,34,38)(H4,29,30,36)(H3,31,32,37,41);2,4H,1H3,(H,5,6)/t17-,21-;2-/m00/s1. The highest BCUT2D eigenvalue weighted by atomic mass is 35.5. The van der Waals surface area contributed by atoms with Gasteiger partial charge in [-0.3, -0.25) is 19.9 Å². The molecule has 262 valence electrons. The van der Waals surface area contributed by atoms with Crippen LogP contribution in [0.1, 0.15) is 93.8 Å². The van der Waals surface area contributed by atoms with Crippen molar-refractivity contribution < 1.29 is 34.8 Å². The first-order valence-electron chi connectivity index (χ1n) is 15.3. The first-order chi connectivity index (χ1) is 22.3. The molecule has 2 aromatic rings. The highest BCUT2D eigenvalue weighted by molar-refractivity contribution is 6.31. The number of aromatic hydroxyl groups is 1. The summed E-state index contributed by atoms with van der Waals surface area (Å²) >= 11 is 5.79. The average molecular weight is 682 g/mol. The number of carbonyl (C=O) groups is 3. The number of aliphatic hydroxyl groups is 2. The molecular formula is C30H48ClN9O7. The van der Waals surface area contributed by atoms with Gasteiger partial charge in [-0.05, 0) is 44.4 Å². The van der Waals surface area contributed by atoms with Crippen LogP contribution in [0.2, 0.25) is 5.15 Å². The number of phenolic OH excluding ortho intramolecular Hbond substituents is 1. The number of aliphatic imine (C=N–C) groups is 1. The number of halogens is 1. The van der Waals surface area contributed by atoms with Crippen LogP contribution in [0.5, 0.6) is 5.75 Å². The molecule has 1 aromatic heterocycles. The number of phenols is 1. The Labute approximate surface area is 279 Å². The third-order valence-electron chi connectivity index (χ3n) is 6.83. The van der Waals surface area contributed by atoms with Crippen LogP contribution < -0.4 is 33.2 Å². The van der Waals surface area contributed by atoms with Crippen LogP contribution in [0.4, 0.5) is 17.3 Å². The molecule has 0 radical (unpaired) electrons. The molecule has 0 fully saturated rings. The number of nitrogens with one attached hydrogen (secondary N) is 3. The second-order valence-corrected chi connectivity index (χ2v) is 11.2. The topological polar surface area (TPSA) is 284 Å². The van der Waals surface area contributed by atoms with Crippen molar-refractivity contribution in [1.82, 2.24) is 20.6 Å². The molecule has 2 amide bonds. The Bertz CT molecular complexity index is 1310. The normalized spacial score (nSPS) is 13.1. The van der Waals surface area contributed by atoms with Crippen molar-refractivity contribution >= 4 is 53.2 Å². The number of nitrogens with two attached hydrogens (primary N) is 3. The van der Waals surface area contributed by atoms with E-state index in [1.54, 1.807) is 12.1 Å². The van der Waals surface area contributed by atoms with Crippen molar-refractivity contribution in [3.05, 3.63) is 34.6 Å². The number of nitrogen functional groups attached to an aromatic ring is 2. The van der Waals surface area contributed by atoms with E-state index in [0.717, 1.165) is 44.9 Å². The summed E-state index contributed by atoms with van der Waals surface area (Å²) in [6.07, 6.45) is 8.28. The lowest BCUT2D eigenvalue weighted by atomic mass is 10.0. The van der Waals surface area contributed by atoms with Crippen molar-refractivity contribution in [3.8, 4) is 5.75 Å². The van der Waals surface area contributed by atoms with Gasteiger partial charge < -0.3 is 48.3 Å². The molecule has 47 heavy (non-hydrogen) atoms. The minimum absolute atomic E-state index is 0.0243. The Balaban J connectivity index is 0.00000167. The van der Waals surface area contributed by atoms with Gasteiger partial charge in [0.05, 0.1) is 11.8 Å². The molecule has 0 aliphatic carbocycles. The minimum Gasteiger partial charge on any atom is -0.506 e. The third-order valence-corrected chi connectivity index (χ3v) is 7.10. The van der Waals surface area contributed by atoms with Gasteiger partial charge in [0.2, 0.25) is 6.41 Å². The molecule has 0 spiro atoms. The van der Waals surface area contributed by atoms with Gasteiger partial charge in [-0.1, -0.05) is 62.6 Å². The number of carboxylic acids is 1. The van der Waals surface area contributed by atoms with Gasteiger partial charge in [-0.15, -0.1) is 0 Å². The Morgan fingerprint density at radius 2 is 1.60 bits per heavy atom. The number of nitrogens with zero attached hydrogens (tertiary/aromatic N) is 3. The van der Waals surface area contributed by atoms with Gasteiger partial charge in [0.25, 0.3) is 5.91 Å². The van der Waals surface area contributed by atoms with Crippen LogP contribution >= 0.6 is 11.6 Å². The van der Waals surface area contributed by atoms with Gasteiger partial charge in [0.15, 0.2) is 28.4 Å². The lowest BCUT2D eigenvalue weighted by Gasteiger charge is -2.18. The summed E-state index contributed by atoms with van der Waals surface area (Å²) in [4.78, 5) is 44.1. The van der Waals surface area contributed by atoms with E-state index in [4.69, 9.17) is 39.0 Å². The van der Waals surface area contributed by atoms with Crippen molar-refractivity contribution in [2.24, 2.45) is 10.7 Å². The monoisotopic (exact) mass is 681 g/mol. The van der Waals surface area contributed by atoms with Crippen molar-refractivity contribution in [3.63, 3.8) is 0 Å². The number of amides is 2. The minimum atomic E-state index is -1.23. The summed E-state index contributed by atoms with van der Waals surface area (Å²) in [5.41, 5.74) is 17.7. The second kappa shape index (κ2) is 22.3. The van der Waals surface area contributed by atoms with Crippen LogP contribution in [-0.2, 0) is 9.59 Å². The summed E-state index contributed by atoms with van der Waals surface area (Å²) < 4.78 is 0. The Kier molecular flexibility index (Phi) is 19.4. The zero-order valence-corrected chi connectivity index (χ0v) is 27.5. The number of carboxylic acid groups (broad SMARTS) is 1. The number of carbonyl (C=O) groups excluding carboxylic acids is 2. The predicted molar refractivity (Wildman–Crippen MR) is 181 cm³/mol. The predicted octanol–water partition coefficient (Wildman–Crippen LogP) is 2.29. The fraction of sp³-hybridized carbons (Fsp3) is 0.533. The van der Waals surface area contributed by atoms with Crippen LogP contribution in [0, 0.1) is 0 Å². The van der Waals surface area contributed by atoms with Crippen LogP contribution in [-0.4, -0.2) is 79.9 Å². The molecule has 0 bridgehead atoms. The number of anilines is 3. The zero-order chi connectivity index (χ0) is 35.4. The lowest BCUT2D eigenvalue weighted by molar-refractivity contribution is -0.145. The van der Waals surface area contributed by atoms with Gasteiger partial charge in [-0.2, -0.15) is 0 Å². The fourth-order valence-corrected chi connectivity index (χ4v) is 4.25.